The van der Waals surface area contributed by atoms with Gasteiger partial charge in [0.2, 0.25) is 0 Å². The van der Waals surface area contributed by atoms with Crippen LogP contribution in [0.3, 0.4) is 0 Å². The Kier molecular flexibility index (Phi) is 6.43. The van der Waals surface area contributed by atoms with Crippen LogP contribution in [0.2, 0.25) is 0 Å². The molecule has 2 aromatic carbocycles. The zero-order chi connectivity index (χ0) is 23.8. The second kappa shape index (κ2) is 9.14. The molecule has 4 rings (SSSR count). The summed E-state index contributed by atoms with van der Waals surface area (Å²) in [5.74, 6) is 6.22. The van der Waals surface area contributed by atoms with E-state index in [9.17, 15) is 18.0 Å². The lowest BCUT2D eigenvalue weighted by molar-refractivity contribution is 0.601. The lowest BCUT2D eigenvalue weighted by Crippen LogP contribution is -2.38. The monoisotopic (exact) mass is 542 g/mol. The van der Waals surface area contributed by atoms with E-state index in [2.05, 4.69) is 27.8 Å². The lowest BCUT2D eigenvalue weighted by Gasteiger charge is -2.09. The number of halogens is 1. The first kappa shape index (κ1) is 23.2. The molecule has 0 spiro atoms. The molecule has 0 saturated carbocycles. The van der Waals surface area contributed by atoms with Crippen LogP contribution in [0, 0.1) is 11.8 Å². The van der Waals surface area contributed by atoms with Crippen molar-refractivity contribution in [3.8, 4) is 11.8 Å². The van der Waals surface area contributed by atoms with E-state index in [1.54, 1.807) is 25.2 Å². The van der Waals surface area contributed by atoms with Crippen molar-refractivity contribution in [2.45, 2.75) is 17.9 Å². The number of aryl methyl sites for hydroxylation is 1. The molecule has 168 valence electrons. The van der Waals surface area contributed by atoms with Crippen LogP contribution < -0.4 is 11.2 Å². The third kappa shape index (κ3) is 5.03. The van der Waals surface area contributed by atoms with Gasteiger partial charge in [0, 0.05) is 24.2 Å². The van der Waals surface area contributed by atoms with Gasteiger partial charge < -0.3 is 0 Å². The summed E-state index contributed by atoms with van der Waals surface area (Å²) in [6, 6.07) is 15.8. The Morgan fingerprint density at radius 1 is 1.03 bits per heavy atom. The van der Waals surface area contributed by atoms with Gasteiger partial charge >= 0.3 is 5.69 Å². The minimum absolute atomic E-state index is 0.0469. The summed E-state index contributed by atoms with van der Waals surface area (Å²) in [5.41, 5.74) is 0.909. The number of hydrogen-bond acceptors (Lipinski definition) is 5. The van der Waals surface area contributed by atoms with Crippen molar-refractivity contribution in [1.82, 2.24) is 9.13 Å². The van der Waals surface area contributed by atoms with Crippen molar-refractivity contribution in [2.75, 3.05) is 6.26 Å². The highest BCUT2D eigenvalue weighted by Crippen LogP contribution is 2.21. The highest BCUT2D eigenvalue weighted by molar-refractivity contribution is 9.10. The van der Waals surface area contributed by atoms with Crippen molar-refractivity contribution in [3.05, 3.63) is 95.9 Å². The Morgan fingerprint density at radius 3 is 2.42 bits per heavy atom. The molecule has 2 heterocycles. The zero-order valence-corrected chi connectivity index (χ0v) is 21.1. The number of aromatic nitrogens is 2. The topological polar surface area (TPSA) is 78.1 Å². The first-order chi connectivity index (χ1) is 15.6. The van der Waals surface area contributed by atoms with Crippen LogP contribution in [-0.4, -0.2) is 23.8 Å². The summed E-state index contributed by atoms with van der Waals surface area (Å²) in [7, 11) is -1.69. The third-order valence-corrected chi connectivity index (χ3v) is 7.84. The van der Waals surface area contributed by atoms with Gasteiger partial charge in [0.05, 0.1) is 21.7 Å². The van der Waals surface area contributed by atoms with E-state index in [0.717, 1.165) is 20.9 Å². The Balaban J connectivity index is 1.67. The lowest BCUT2D eigenvalue weighted by atomic mass is 10.1. The zero-order valence-electron chi connectivity index (χ0n) is 17.8. The van der Waals surface area contributed by atoms with Crippen LogP contribution in [0.25, 0.3) is 10.2 Å². The van der Waals surface area contributed by atoms with Gasteiger partial charge in [-0.3, -0.25) is 13.9 Å². The minimum atomic E-state index is -3.32. The number of thiophene rings is 1. The van der Waals surface area contributed by atoms with Crippen molar-refractivity contribution in [1.29, 1.82) is 0 Å². The summed E-state index contributed by atoms with van der Waals surface area (Å²) in [4.78, 5) is 27.4. The molecule has 0 amide bonds. The molecule has 0 aliphatic heterocycles. The molecule has 0 aliphatic rings. The molecule has 2 aromatic heterocycles. The Bertz CT molecular complexity index is 1650. The first-order valence-electron chi connectivity index (χ1n) is 9.89. The molecule has 0 saturated heterocycles. The first-order valence-corrected chi connectivity index (χ1v) is 13.4. The van der Waals surface area contributed by atoms with E-state index in [1.165, 1.54) is 28.0 Å². The van der Waals surface area contributed by atoms with Crippen LogP contribution >= 0.6 is 27.3 Å². The molecular formula is C24H19BrN2O4S2. The second-order valence-corrected chi connectivity index (χ2v) is 11.5. The van der Waals surface area contributed by atoms with E-state index in [4.69, 9.17) is 0 Å². The van der Waals surface area contributed by atoms with Crippen molar-refractivity contribution >= 4 is 47.3 Å². The molecule has 4 aromatic rings. The predicted octanol–water partition coefficient (Wildman–Crippen LogP) is 3.57. The number of fused-ring (bicyclic) bond motifs is 1. The standard InChI is InChI=1S/C24H19BrN2O4S2/c1-26-23-21(14-19(32-23)8-4-6-16-5-3-7-18(25)13-16)22(28)27(24(26)29)15-17-9-11-20(12-10-17)33(2,30)31/h3,5,7,9-14H,6,15H2,1-2H3. The van der Waals surface area contributed by atoms with E-state index in [-0.39, 0.29) is 11.4 Å². The fourth-order valence-electron chi connectivity index (χ4n) is 3.39. The molecule has 33 heavy (non-hydrogen) atoms. The van der Waals surface area contributed by atoms with Crippen LogP contribution in [-0.2, 0) is 29.9 Å². The van der Waals surface area contributed by atoms with Gasteiger partial charge in [0.25, 0.3) is 5.56 Å². The summed E-state index contributed by atoms with van der Waals surface area (Å²) in [6.45, 7) is 0.0469. The van der Waals surface area contributed by atoms with Gasteiger partial charge in [0.1, 0.15) is 4.83 Å². The SMILES string of the molecule is Cn1c(=O)n(Cc2ccc(S(C)(=O)=O)cc2)c(=O)c2cc(C#CCc3cccc(Br)c3)sc21. The average molecular weight is 543 g/mol. The smallest absolute Gasteiger partial charge is 0.287 e. The van der Waals surface area contributed by atoms with E-state index >= 15 is 0 Å². The average Bonchev–Trinajstić information content (AvgIpc) is 3.20. The second-order valence-electron chi connectivity index (χ2n) is 7.59. The minimum Gasteiger partial charge on any atom is -0.287 e. The molecular weight excluding hydrogens is 524 g/mol. The Hall–Kier alpha value is -2.93. The molecule has 0 unspecified atom stereocenters. The maximum Gasteiger partial charge on any atom is 0.332 e. The van der Waals surface area contributed by atoms with Gasteiger partial charge in [0.15, 0.2) is 9.84 Å². The Labute approximate surface area is 203 Å². The number of rotatable bonds is 4. The van der Waals surface area contributed by atoms with E-state index in [1.807, 2.05) is 24.3 Å². The van der Waals surface area contributed by atoms with Gasteiger partial charge in [-0.05, 0) is 41.5 Å². The summed E-state index contributed by atoms with van der Waals surface area (Å²) in [6.07, 6.45) is 1.70. The molecule has 0 radical (unpaired) electrons. The van der Waals surface area contributed by atoms with E-state index < -0.39 is 21.1 Å². The summed E-state index contributed by atoms with van der Waals surface area (Å²) < 4.78 is 26.9. The predicted molar refractivity (Wildman–Crippen MR) is 135 cm³/mol. The van der Waals surface area contributed by atoms with Gasteiger partial charge in [-0.2, -0.15) is 0 Å². The largest absolute Gasteiger partial charge is 0.332 e. The number of nitrogens with zero attached hydrogens (tertiary/aromatic N) is 2. The summed E-state index contributed by atoms with van der Waals surface area (Å²) in [5, 5.41) is 0.432. The maximum absolute atomic E-state index is 13.1. The number of sulfone groups is 1. The molecule has 0 N–H and O–H groups in total. The van der Waals surface area contributed by atoms with Gasteiger partial charge in [-0.25, -0.2) is 13.2 Å². The fraction of sp³-hybridized carbons (Fsp3) is 0.167. The van der Waals surface area contributed by atoms with Gasteiger partial charge in [-0.1, -0.05) is 52.0 Å². The van der Waals surface area contributed by atoms with Crippen molar-refractivity contribution < 1.29 is 8.42 Å². The number of hydrogen-bond donors (Lipinski definition) is 0. The highest BCUT2D eigenvalue weighted by Gasteiger charge is 2.15. The summed E-state index contributed by atoms with van der Waals surface area (Å²) >= 11 is 4.76. The normalized spacial score (nSPS) is 11.4. The highest BCUT2D eigenvalue weighted by atomic mass is 79.9. The van der Waals surface area contributed by atoms with Gasteiger partial charge in [-0.15, -0.1) is 11.3 Å². The van der Waals surface area contributed by atoms with Crippen molar-refractivity contribution in [2.24, 2.45) is 7.05 Å². The molecule has 9 heteroatoms. The molecule has 0 fully saturated rings. The van der Waals surface area contributed by atoms with Crippen LogP contribution in [0.4, 0.5) is 0 Å². The van der Waals surface area contributed by atoms with Crippen molar-refractivity contribution in [3.63, 3.8) is 0 Å². The third-order valence-electron chi connectivity index (χ3n) is 5.10. The Morgan fingerprint density at radius 2 is 1.76 bits per heavy atom. The van der Waals surface area contributed by atoms with Crippen LogP contribution in [0.1, 0.15) is 16.0 Å². The van der Waals surface area contributed by atoms with Crippen LogP contribution in [0.5, 0.6) is 0 Å². The quantitative estimate of drug-likeness (QED) is 0.369. The fourth-order valence-corrected chi connectivity index (χ4v) is 5.45. The van der Waals surface area contributed by atoms with E-state index in [0.29, 0.717) is 27.1 Å². The van der Waals surface area contributed by atoms with Crippen LogP contribution in [0.15, 0.2) is 73.6 Å². The molecule has 6 nitrogen and oxygen atoms in total. The molecule has 0 aliphatic carbocycles. The number of benzene rings is 2. The maximum atomic E-state index is 13.1. The molecule has 0 bridgehead atoms. The molecule has 0 atom stereocenters.